The van der Waals surface area contributed by atoms with Crippen LogP contribution in [0, 0.1) is 11.8 Å². The maximum atomic E-state index is 3.74. The van der Waals surface area contributed by atoms with E-state index >= 15 is 0 Å². The Morgan fingerprint density at radius 2 is 1.88 bits per heavy atom. The highest BCUT2D eigenvalue weighted by molar-refractivity contribution is 5.19. The molecule has 0 heterocycles. The molecule has 0 radical (unpaired) electrons. The number of benzene rings is 1. The number of hydrogen-bond donors (Lipinski definition) is 1. The molecular weight excluding hydrogens is 194 g/mol. The summed E-state index contributed by atoms with van der Waals surface area (Å²) in [5.74, 6) is 1.59. The van der Waals surface area contributed by atoms with Gasteiger partial charge in [-0.1, -0.05) is 50.6 Å². The van der Waals surface area contributed by atoms with Crippen LogP contribution in [0.4, 0.5) is 0 Å². The average molecular weight is 217 g/mol. The number of hydrogen-bond acceptors (Lipinski definition) is 1. The fourth-order valence-corrected chi connectivity index (χ4v) is 2.39. The van der Waals surface area contributed by atoms with Crippen LogP contribution >= 0.6 is 0 Å². The van der Waals surface area contributed by atoms with Crippen molar-refractivity contribution in [3.8, 4) is 0 Å². The molecule has 1 unspecified atom stereocenters. The highest BCUT2D eigenvalue weighted by Crippen LogP contribution is 2.27. The van der Waals surface area contributed by atoms with Gasteiger partial charge in [0.2, 0.25) is 0 Å². The van der Waals surface area contributed by atoms with Crippen molar-refractivity contribution < 1.29 is 0 Å². The van der Waals surface area contributed by atoms with E-state index in [0.29, 0.717) is 12.0 Å². The molecule has 1 fully saturated rings. The van der Waals surface area contributed by atoms with Crippen LogP contribution in [-0.2, 0) is 0 Å². The van der Waals surface area contributed by atoms with Crippen LogP contribution in [0.3, 0.4) is 0 Å². The third kappa shape index (κ3) is 2.85. The van der Waals surface area contributed by atoms with Crippen LogP contribution in [0.2, 0.25) is 0 Å². The van der Waals surface area contributed by atoms with Gasteiger partial charge in [-0.25, -0.2) is 0 Å². The summed E-state index contributed by atoms with van der Waals surface area (Å²) in [6.45, 7) is 5.79. The van der Waals surface area contributed by atoms with Gasteiger partial charge in [-0.3, -0.25) is 0 Å². The highest BCUT2D eigenvalue weighted by atomic mass is 14.9. The molecule has 0 aliphatic heterocycles. The van der Waals surface area contributed by atoms with E-state index in [1.165, 1.54) is 31.4 Å². The Bertz CT molecular complexity index is 300. The molecule has 1 saturated carbocycles. The lowest BCUT2D eigenvalue weighted by atomic mass is 9.85. The first-order chi connectivity index (χ1) is 7.77. The summed E-state index contributed by atoms with van der Waals surface area (Å²) >= 11 is 0. The topological polar surface area (TPSA) is 12.0 Å². The van der Waals surface area contributed by atoms with E-state index in [2.05, 4.69) is 49.5 Å². The fourth-order valence-electron chi connectivity index (χ4n) is 2.39. The van der Waals surface area contributed by atoms with Gasteiger partial charge in [0.05, 0.1) is 0 Å². The second kappa shape index (κ2) is 5.49. The summed E-state index contributed by atoms with van der Waals surface area (Å²) in [5.41, 5.74) is 1.43. The Kier molecular flexibility index (Phi) is 4.00. The van der Waals surface area contributed by atoms with Crippen molar-refractivity contribution in [1.82, 2.24) is 5.32 Å². The Morgan fingerprint density at radius 3 is 2.38 bits per heavy atom. The SMILES string of the molecule is CC(C)C(NCC1CCC1)c1ccccc1. The molecule has 1 atom stereocenters. The first-order valence-corrected chi connectivity index (χ1v) is 6.55. The maximum absolute atomic E-state index is 3.74. The van der Waals surface area contributed by atoms with Crippen LogP contribution in [-0.4, -0.2) is 6.54 Å². The van der Waals surface area contributed by atoms with Gasteiger partial charge in [0.15, 0.2) is 0 Å². The molecule has 1 N–H and O–H groups in total. The van der Waals surface area contributed by atoms with Crippen LogP contribution in [0.25, 0.3) is 0 Å². The van der Waals surface area contributed by atoms with Gasteiger partial charge in [-0.05, 0) is 36.8 Å². The minimum absolute atomic E-state index is 0.516. The van der Waals surface area contributed by atoms with E-state index in [9.17, 15) is 0 Å². The van der Waals surface area contributed by atoms with E-state index < -0.39 is 0 Å². The van der Waals surface area contributed by atoms with E-state index in [0.717, 1.165) is 5.92 Å². The third-order valence-corrected chi connectivity index (χ3v) is 3.68. The number of nitrogens with one attached hydrogen (secondary N) is 1. The summed E-state index contributed by atoms with van der Waals surface area (Å²) in [6.07, 6.45) is 4.28. The summed E-state index contributed by atoms with van der Waals surface area (Å²) in [7, 11) is 0. The predicted molar refractivity (Wildman–Crippen MR) is 69.4 cm³/mol. The second-order valence-corrected chi connectivity index (χ2v) is 5.34. The Balaban J connectivity index is 1.94. The molecule has 0 spiro atoms. The lowest BCUT2D eigenvalue weighted by molar-refractivity contribution is 0.274. The van der Waals surface area contributed by atoms with Gasteiger partial charge >= 0.3 is 0 Å². The number of rotatable bonds is 5. The minimum atomic E-state index is 0.516. The first-order valence-electron chi connectivity index (χ1n) is 6.55. The van der Waals surface area contributed by atoms with Crippen molar-refractivity contribution in [2.45, 2.75) is 39.2 Å². The molecule has 1 nitrogen and oxygen atoms in total. The van der Waals surface area contributed by atoms with Gasteiger partial charge in [0, 0.05) is 6.04 Å². The monoisotopic (exact) mass is 217 g/mol. The minimum Gasteiger partial charge on any atom is -0.309 e. The van der Waals surface area contributed by atoms with Gasteiger partial charge in [0.25, 0.3) is 0 Å². The predicted octanol–water partition coefficient (Wildman–Crippen LogP) is 3.77. The zero-order valence-corrected chi connectivity index (χ0v) is 10.4. The quantitative estimate of drug-likeness (QED) is 0.791. The van der Waals surface area contributed by atoms with Crippen LogP contribution in [0.1, 0.15) is 44.7 Å². The molecular formula is C15H23N. The highest BCUT2D eigenvalue weighted by Gasteiger charge is 2.20. The molecule has 0 amide bonds. The Labute approximate surface area is 99.3 Å². The van der Waals surface area contributed by atoms with Crippen molar-refractivity contribution in [2.75, 3.05) is 6.54 Å². The standard InChI is InChI=1S/C15H23N/c1-12(2)15(14-9-4-3-5-10-14)16-11-13-7-6-8-13/h3-5,9-10,12-13,15-16H,6-8,11H2,1-2H3. The Hall–Kier alpha value is -0.820. The smallest absolute Gasteiger partial charge is 0.0343 e. The van der Waals surface area contributed by atoms with Gasteiger partial charge in [-0.15, -0.1) is 0 Å². The first kappa shape index (κ1) is 11.7. The lowest BCUT2D eigenvalue weighted by Crippen LogP contribution is -2.33. The molecule has 0 saturated heterocycles. The van der Waals surface area contributed by atoms with Gasteiger partial charge < -0.3 is 5.32 Å². The van der Waals surface area contributed by atoms with Crippen molar-refractivity contribution in [2.24, 2.45) is 11.8 Å². The maximum Gasteiger partial charge on any atom is 0.0343 e. The lowest BCUT2D eigenvalue weighted by Gasteiger charge is -2.30. The van der Waals surface area contributed by atoms with Crippen molar-refractivity contribution in [3.63, 3.8) is 0 Å². The zero-order valence-electron chi connectivity index (χ0n) is 10.4. The molecule has 0 aromatic heterocycles. The van der Waals surface area contributed by atoms with E-state index in [4.69, 9.17) is 0 Å². The fraction of sp³-hybridized carbons (Fsp3) is 0.600. The Morgan fingerprint density at radius 1 is 1.19 bits per heavy atom. The summed E-state index contributed by atoms with van der Waals surface area (Å²) in [6, 6.07) is 11.3. The van der Waals surface area contributed by atoms with Gasteiger partial charge in [-0.2, -0.15) is 0 Å². The summed E-state index contributed by atoms with van der Waals surface area (Å²) in [4.78, 5) is 0. The van der Waals surface area contributed by atoms with Crippen LogP contribution in [0.15, 0.2) is 30.3 Å². The van der Waals surface area contributed by atoms with Crippen molar-refractivity contribution >= 4 is 0 Å². The van der Waals surface area contributed by atoms with Crippen LogP contribution in [0.5, 0.6) is 0 Å². The molecule has 1 aliphatic carbocycles. The molecule has 16 heavy (non-hydrogen) atoms. The van der Waals surface area contributed by atoms with E-state index in [-0.39, 0.29) is 0 Å². The van der Waals surface area contributed by atoms with Gasteiger partial charge in [0.1, 0.15) is 0 Å². The molecule has 2 rings (SSSR count). The summed E-state index contributed by atoms with van der Waals surface area (Å²) < 4.78 is 0. The molecule has 1 heteroatoms. The zero-order chi connectivity index (χ0) is 11.4. The molecule has 1 aliphatic rings. The van der Waals surface area contributed by atoms with Crippen molar-refractivity contribution in [1.29, 1.82) is 0 Å². The summed E-state index contributed by atoms with van der Waals surface area (Å²) in [5, 5.41) is 3.74. The van der Waals surface area contributed by atoms with Crippen molar-refractivity contribution in [3.05, 3.63) is 35.9 Å². The van der Waals surface area contributed by atoms with E-state index in [1.54, 1.807) is 0 Å². The normalized spacial score (nSPS) is 18.4. The largest absolute Gasteiger partial charge is 0.309 e. The average Bonchev–Trinajstić information content (AvgIpc) is 2.22. The molecule has 1 aromatic rings. The van der Waals surface area contributed by atoms with Crippen LogP contribution < -0.4 is 5.32 Å². The molecule has 1 aromatic carbocycles. The second-order valence-electron chi connectivity index (χ2n) is 5.34. The molecule has 88 valence electrons. The molecule has 0 bridgehead atoms. The van der Waals surface area contributed by atoms with E-state index in [1.807, 2.05) is 0 Å². The third-order valence-electron chi connectivity index (χ3n) is 3.68.